The first kappa shape index (κ1) is 20.7. The van der Waals surface area contributed by atoms with Crippen LogP contribution in [-0.2, 0) is 11.8 Å². The Morgan fingerprint density at radius 1 is 1.42 bits per heavy atom. The molecule has 148 valence electrons. The zero-order valence-corrected chi connectivity index (χ0v) is 16.7. The Labute approximate surface area is 157 Å². The van der Waals surface area contributed by atoms with Crippen LogP contribution >= 0.6 is 0 Å². The minimum Gasteiger partial charge on any atom is -0.396 e. The fourth-order valence-corrected chi connectivity index (χ4v) is 3.46. The van der Waals surface area contributed by atoms with Gasteiger partial charge in [-0.15, -0.1) is 0 Å². The molecule has 7 nitrogen and oxygen atoms in total. The van der Waals surface area contributed by atoms with Crippen molar-refractivity contribution in [2.24, 2.45) is 17.5 Å². The number of aromatic nitrogens is 2. The monoisotopic (exact) mass is 365 g/mol. The van der Waals surface area contributed by atoms with Crippen molar-refractivity contribution in [3.8, 4) is 0 Å². The van der Waals surface area contributed by atoms with Gasteiger partial charge < -0.3 is 20.1 Å². The third-order valence-corrected chi connectivity index (χ3v) is 5.50. The molecule has 0 spiro atoms. The maximum absolute atomic E-state index is 9.45. The first-order valence-corrected chi connectivity index (χ1v) is 9.81. The fourth-order valence-electron chi connectivity index (χ4n) is 3.46. The second kappa shape index (κ2) is 9.92. The topological polar surface area (TPSA) is 74.9 Å². The molecule has 0 radical (unpaired) electrons. The van der Waals surface area contributed by atoms with E-state index in [0.29, 0.717) is 6.61 Å². The zero-order chi connectivity index (χ0) is 19.0. The molecule has 0 aliphatic carbocycles. The van der Waals surface area contributed by atoms with Gasteiger partial charge in [0.15, 0.2) is 5.96 Å². The second-order valence-electron chi connectivity index (χ2n) is 7.10. The summed E-state index contributed by atoms with van der Waals surface area (Å²) >= 11 is 0. The summed E-state index contributed by atoms with van der Waals surface area (Å²) in [6, 6.07) is 0. The average Bonchev–Trinajstić information content (AvgIpc) is 3.10. The van der Waals surface area contributed by atoms with Crippen molar-refractivity contribution in [3.63, 3.8) is 0 Å². The number of ether oxygens (including phenoxy) is 1. The van der Waals surface area contributed by atoms with Crippen LogP contribution in [0.5, 0.6) is 0 Å². The SMILES string of the molecule is CCNC(=NCC(CC)(CC)CCO)N1CCOC(c2cnn(C)c2)C1. The average molecular weight is 366 g/mol. The van der Waals surface area contributed by atoms with Crippen LogP contribution in [0.25, 0.3) is 0 Å². The van der Waals surface area contributed by atoms with Gasteiger partial charge in [0.05, 0.1) is 19.3 Å². The molecule has 1 aromatic rings. The van der Waals surface area contributed by atoms with Crippen molar-refractivity contribution in [1.82, 2.24) is 20.0 Å². The van der Waals surface area contributed by atoms with Crippen LogP contribution in [0, 0.1) is 5.41 Å². The second-order valence-corrected chi connectivity index (χ2v) is 7.10. The van der Waals surface area contributed by atoms with E-state index in [2.05, 4.69) is 36.1 Å². The highest BCUT2D eigenvalue weighted by atomic mass is 16.5. The number of hydrogen-bond acceptors (Lipinski definition) is 4. The molecule has 0 amide bonds. The molecule has 1 aromatic heterocycles. The van der Waals surface area contributed by atoms with Crippen molar-refractivity contribution in [2.75, 3.05) is 39.4 Å². The van der Waals surface area contributed by atoms with Gasteiger partial charge >= 0.3 is 0 Å². The lowest BCUT2D eigenvalue weighted by Gasteiger charge is -2.36. The Morgan fingerprint density at radius 2 is 2.19 bits per heavy atom. The standard InChI is InChI=1S/C19H35N5O2/c1-5-19(6-2,8-10-25)15-21-18(20-7-3)24-9-11-26-17(14-24)16-12-22-23(4)13-16/h12-13,17,25H,5-11,14-15H2,1-4H3,(H,20,21). The quantitative estimate of drug-likeness (QED) is 0.544. The molecule has 7 heteroatoms. The largest absolute Gasteiger partial charge is 0.396 e. The van der Waals surface area contributed by atoms with Crippen molar-refractivity contribution in [3.05, 3.63) is 18.0 Å². The first-order chi connectivity index (χ1) is 12.6. The Hall–Kier alpha value is -1.60. The van der Waals surface area contributed by atoms with Crippen LogP contribution in [0.3, 0.4) is 0 Å². The van der Waals surface area contributed by atoms with E-state index in [1.807, 2.05) is 24.1 Å². The number of hydrogen-bond donors (Lipinski definition) is 2. The zero-order valence-electron chi connectivity index (χ0n) is 16.7. The highest BCUT2D eigenvalue weighted by molar-refractivity contribution is 5.80. The molecule has 1 saturated heterocycles. The smallest absolute Gasteiger partial charge is 0.194 e. The maximum atomic E-state index is 9.45. The predicted molar refractivity (Wildman–Crippen MR) is 104 cm³/mol. The van der Waals surface area contributed by atoms with Crippen molar-refractivity contribution in [2.45, 2.75) is 46.1 Å². The third kappa shape index (κ3) is 5.20. The van der Waals surface area contributed by atoms with E-state index < -0.39 is 0 Å². The molecule has 1 aliphatic rings. The summed E-state index contributed by atoms with van der Waals surface area (Å²) in [5.74, 6) is 0.939. The Kier molecular flexibility index (Phi) is 7.90. The Bertz CT molecular complexity index is 568. The molecule has 1 aliphatic heterocycles. The third-order valence-electron chi connectivity index (χ3n) is 5.50. The van der Waals surface area contributed by atoms with Crippen LogP contribution in [-0.4, -0.2) is 65.1 Å². The number of morpholine rings is 1. The predicted octanol–water partition coefficient (Wildman–Crippen LogP) is 1.95. The van der Waals surface area contributed by atoms with Gasteiger partial charge in [-0.3, -0.25) is 9.67 Å². The molecule has 2 N–H and O–H groups in total. The van der Waals surface area contributed by atoms with E-state index >= 15 is 0 Å². The van der Waals surface area contributed by atoms with Gasteiger partial charge in [0.1, 0.15) is 6.10 Å². The van der Waals surface area contributed by atoms with Crippen LogP contribution in [0.1, 0.15) is 51.7 Å². The summed E-state index contributed by atoms with van der Waals surface area (Å²) in [5.41, 5.74) is 1.18. The van der Waals surface area contributed by atoms with E-state index in [-0.39, 0.29) is 18.1 Å². The van der Waals surface area contributed by atoms with E-state index in [9.17, 15) is 5.11 Å². The number of guanidine groups is 1. The number of nitrogens with zero attached hydrogens (tertiary/aromatic N) is 4. The van der Waals surface area contributed by atoms with Gasteiger partial charge in [0.2, 0.25) is 0 Å². The molecule has 2 heterocycles. The van der Waals surface area contributed by atoms with Gasteiger partial charge in [-0.05, 0) is 31.6 Å². The molecule has 0 aromatic carbocycles. The number of aliphatic hydroxyl groups excluding tert-OH is 1. The van der Waals surface area contributed by atoms with E-state index in [4.69, 9.17) is 9.73 Å². The minimum absolute atomic E-state index is 0.0147. The highest BCUT2D eigenvalue weighted by Crippen LogP contribution is 2.31. The lowest BCUT2D eigenvalue weighted by atomic mass is 9.79. The Balaban J connectivity index is 2.11. The highest BCUT2D eigenvalue weighted by Gasteiger charge is 2.28. The number of nitrogens with one attached hydrogen (secondary N) is 1. The van der Waals surface area contributed by atoms with Gasteiger partial charge in [-0.1, -0.05) is 13.8 Å². The molecule has 0 bridgehead atoms. The van der Waals surface area contributed by atoms with Gasteiger partial charge in [-0.25, -0.2) is 0 Å². The molecule has 1 fully saturated rings. The molecular formula is C19H35N5O2. The van der Waals surface area contributed by atoms with Gasteiger partial charge in [0.25, 0.3) is 0 Å². The van der Waals surface area contributed by atoms with Crippen molar-refractivity contribution >= 4 is 5.96 Å². The number of aliphatic imine (C=N–C) groups is 1. The summed E-state index contributed by atoms with van der Waals surface area (Å²) < 4.78 is 7.76. The van der Waals surface area contributed by atoms with E-state index in [0.717, 1.165) is 57.0 Å². The number of aryl methyl sites for hydroxylation is 1. The van der Waals surface area contributed by atoms with Crippen LogP contribution < -0.4 is 5.32 Å². The van der Waals surface area contributed by atoms with Gasteiger partial charge in [-0.2, -0.15) is 5.10 Å². The summed E-state index contributed by atoms with van der Waals surface area (Å²) in [4.78, 5) is 7.22. The summed E-state index contributed by atoms with van der Waals surface area (Å²) in [6.07, 6.45) is 6.74. The molecular weight excluding hydrogens is 330 g/mol. The summed E-state index contributed by atoms with van der Waals surface area (Å²) in [7, 11) is 1.92. The van der Waals surface area contributed by atoms with Crippen molar-refractivity contribution < 1.29 is 9.84 Å². The van der Waals surface area contributed by atoms with E-state index in [1.165, 1.54) is 0 Å². The minimum atomic E-state index is 0.0147. The van der Waals surface area contributed by atoms with Crippen LogP contribution in [0.15, 0.2) is 17.4 Å². The lowest BCUT2D eigenvalue weighted by molar-refractivity contribution is -0.00813. The molecule has 1 unspecified atom stereocenters. The maximum Gasteiger partial charge on any atom is 0.194 e. The lowest BCUT2D eigenvalue weighted by Crippen LogP contribution is -2.48. The number of rotatable bonds is 8. The van der Waals surface area contributed by atoms with E-state index in [1.54, 1.807) is 0 Å². The van der Waals surface area contributed by atoms with Crippen molar-refractivity contribution in [1.29, 1.82) is 0 Å². The number of aliphatic hydroxyl groups is 1. The normalized spacial score (nSPS) is 19.0. The molecule has 1 atom stereocenters. The molecule has 2 rings (SSSR count). The Morgan fingerprint density at radius 3 is 2.77 bits per heavy atom. The fraction of sp³-hybridized carbons (Fsp3) is 0.789. The van der Waals surface area contributed by atoms with Crippen LogP contribution in [0.4, 0.5) is 0 Å². The molecule has 26 heavy (non-hydrogen) atoms. The summed E-state index contributed by atoms with van der Waals surface area (Å²) in [6.45, 7) is 10.5. The summed E-state index contributed by atoms with van der Waals surface area (Å²) in [5, 5.41) is 17.1. The van der Waals surface area contributed by atoms with Crippen LogP contribution in [0.2, 0.25) is 0 Å². The van der Waals surface area contributed by atoms with Gasteiger partial charge in [0, 0.05) is 45.0 Å². The first-order valence-electron chi connectivity index (χ1n) is 9.81. The molecule has 0 saturated carbocycles.